The molecule has 0 atom stereocenters. The maximum absolute atomic E-state index is 11.3. The quantitative estimate of drug-likeness (QED) is 0.742. The van der Waals surface area contributed by atoms with Gasteiger partial charge in [-0.15, -0.1) is 0 Å². The Morgan fingerprint density at radius 2 is 1.81 bits per heavy atom. The molecule has 0 aliphatic heterocycles. The smallest absolute Gasteiger partial charge is 0.159 e. The van der Waals surface area contributed by atoms with Gasteiger partial charge in [-0.2, -0.15) is 0 Å². The Kier molecular flexibility index (Phi) is 5.10. The fourth-order valence-corrected chi connectivity index (χ4v) is 2.28. The summed E-state index contributed by atoms with van der Waals surface area (Å²) >= 11 is 12.1. The first-order valence-electron chi connectivity index (χ1n) is 6.27. The van der Waals surface area contributed by atoms with Gasteiger partial charge in [0.15, 0.2) is 5.78 Å². The molecular weight excluding hydrogens is 311 g/mol. The average molecular weight is 325 g/mol. The van der Waals surface area contributed by atoms with Crippen molar-refractivity contribution in [2.45, 2.75) is 13.5 Å². The fourth-order valence-electron chi connectivity index (χ4n) is 1.85. The summed E-state index contributed by atoms with van der Waals surface area (Å²) < 4.78 is 10.9. The maximum Gasteiger partial charge on any atom is 0.159 e. The van der Waals surface area contributed by atoms with E-state index in [0.29, 0.717) is 27.1 Å². The zero-order valence-electron chi connectivity index (χ0n) is 11.7. The molecule has 0 spiro atoms. The van der Waals surface area contributed by atoms with Gasteiger partial charge in [0.2, 0.25) is 0 Å². The van der Waals surface area contributed by atoms with Gasteiger partial charge in [0.25, 0.3) is 0 Å². The van der Waals surface area contributed by atoms with Gasteiger partial charge in [-0.25, -0.2) is 0 Å². The molecule has 2 rings (SSSR count). The minimum atomic E-state index is -0.0417. The third kappa shape index (κ3) is 3.90. The first-order chi connectivity index (χ1) is 10.0. The predicted octanol–water partition coefficient (Wildman–Crippen LogP) is 4.78. The van der Waals surface area contributed by atoms with Gasteiger partial charge in [0, 0.05) is 16.1 Å². The normalized spacial score (nSPS) is 10.3. The van der Waals surface area contributed by atoms with Crippen LogP contribution in [0.2, 0.25) is 10.0 Å². The molecule has 3 nitrogen and oxygen atoms in total. The number of halogens is 2. The van der Waals surface area contributed by atoms with Crippen LogP contribution in [0.5, 0.6) is 11.5 Å². The SMILES string of the molecule is COc1ccc(Cl)cc1COc1ccc(C(C)=O)cc1Cl. The van der Waals surface area contributed by atoms with Gasteiger partial charge in [-0.05, 0) is 43.3 Å². The van der Waals surface area contributed by atoms with Crippen molar-refractivity contribution >= 4 is 29.0 Å². The third-order valence-electron chi connectivity index (χ3n) is 2.96. The monoisotopic (exact) mass is 324 g/mol. The Morgan fingerprint density at radius 1 is 1.10 bits per heavy atom. The summed E-state index contributed by atoms with van der Waals surface area (Å²) in [5, 5.41) is 0.996. The Balaban J connectivity index is 2.17. The van der Waals surface area contributed by atoms with Crippen molar-refractivity contribution in [2.75, 3.05) is 7.11 Å². The molecule has 0 unspecified atom stereocenters. The van der Waals surface area contributed by atoms with E-state index in [1.54, 1.807) is 43.5 Å². The fraction of sp³-hybridized carbons (Fsp3) is 0.188. The van der Waals surface area contributed by atoms with E-state index >= 15 is 0 Å². The molecule has 2 aromatic carbocycles. The lowest BCUT2D eigenvalue weighted by Gasteiger charge is -2.12. The van der Waals surface area contributed by atoms with Crippen molar-refractivity contribution in [2.24, 2.45) is 0 Å². The number of hydrogen-bond donors (Lipinski definition) is 0. The lowest BCUT2D eigenvalue weighted by atomic mass is 10.1. The summed E-state index contributed by atoms with van der Waals surface area (Å²) in [4.78, 5) is 11.3. The lowest BCUT2D eigenvalue weighted by Crippen LogP contribution is -2.00. The van der Waals surface area contributed by atoms with Gasteiger partial charge in [0.05, 0.1) is 12.1 Å². The predicted molar refractivity (Wildman–Crippen MR) is 83.8 cm³/mol. The number of methoxy groups -OCH3 is 1. The largest absolute Gasteiger partial charge is 0.496 e. The molecular formula is C16H14Cl2O3. The first kappa shape index (κ1) is 15.7. The van der Waals surface area contributed by atoms with Crippen LogP contribution in [-0.2, 0) is 6.61 Å². The van der Waals surface area contributed by atoms with E-state index in [4.69, 9.17) is 32.7 Å². The summed E-state index contributed by atoms with van der Waals surface area (Å²) in [7, 11) is 1.58. The van der Waals surface area contributed by atoms with Crippen LogP contribution in [0.1, 0.15) is 22.8 Å². The van der Waals surface area contributed by atoms with E-state index in [9.17, 15) is 4.79 Å². The van der Waals surface area contributed by atoms with Gasteiger partial charge in [-0.1, -0.05) is 23.2 Å². The first-order valence-corrected chi connectivity index (χ1v) is 7.02. The van der Waals surface area contributed by atoms with E-state index < -0.39 is 0 Å². The highest BCUT2D eigenvalue weighted by Crippen LogP contribution is 2.29. The van der Waals surface area contributed by atoms with E-state index in [1.165, 1.54) is 6.92 Å². The molecule has 21 heavy (non-hydrogen) atoms. The van der Waals surface area contributed by atoms with Crippen LogP contribution in [0.15, 0.2) is 36.4 Å². The van der Waals surface area contributed by atoms with Crippen molar-refractivity contribution in [3.8, 4) is 11.5 Å². The van der Waals surface area contributed by atoms with Gasteiger partial charge < -0.3 is 9.47 Å². The second kappa shape index (κ2) is 6.83. The number of carbonyl (C=O) groups excluding carboxylic acids is 1. The minimum Gasteiger partial charge on any atom is -0.496 e. The molecule has 0 aromatic heterocycles. The van der Waals surface area contributed by atoms with E-state index in [0.717, 1.165) is 5.56 Å². The number of carbonyl (C=O) groups is 1. The minimum absolute atomic E-state index is 0.0417. The highest BCUT2D eigenvalue weighted by Gasteiger charge is 2.09. The van der Waals surface area contributed by atoms with E-state index in [2.05, 4.69) is 0 Å². The summed E-state index contributed by atoms with van der Waals surface area (Å²) in [5.41, 5.74) is 1.37. The van der Waals surface area contributed by atoms with Gasteiger partial charge in [-0.3, -0.25) is 4.79 Å². The average Bonchev–Trinajstić information content (AvgIpc) is 2.46. The Bertz CT molecular complexity index is 669. The number of rotatable bonds is 5. The molecule has 0 saturated carbocycles. The van der Waals surface area contributed by atoms with E-state index in [-0.39, 0.29) is 12.4 Å². The third-order valence-corrected chi connectivity index (χ3v) is 3.49. The maximum atomic E-state index is 11.3. The summed E-state index contributed by atoms with van der Waals surface area (Å²) in [5.74, 6) is 1.15. The zero-order chi connectivity index (χ0) is 15.4. The Hall–Kier alpha value is -1.71. The number of ketones is 1. The van der Waals surface area contributed by atoms with Crippen LogP contribution in [-0.4, -0.2) is 12.9 Å². The van der Waals surface area contributed by atoms with Gasteiger partial charge in [0.1, 0.15) is 18.1 Å². The van der Waals surface area contributed by atoms with Crippen molar-refractivity contribution in [3.05, 3.63) is 57.6 Å². The number of Topliss-reactive ketones (excluding diaryl/α,β-unsaturated/α-hetero) is 1. The topological polar surface area (TPSA) is 35.5 Å². The molecule has 0 N–H and O–H groups in total. The van der Waals surface area contributed by atoms with Crippen LogP contribution in [0.4, 0.5) is 0 Å². The molecule has 0 aliphatic rings. The van der Waals surface area contributed by atoms with Crippen molar-refractivity contribution in [3.63, 3.8) is 0 Å². The number of ether oxygens (including phenoxy) is 2. The highest BCUT2D eigenvalue weighted by molar-refractivity contribution is 6.32. The highest BCUT2D eigenvalue weighted by atomic mass is 35.5. The van der Waals surface area contributed by atoms with Crippen molar-refractivity contribution < 1.29 is 14.3 Å². The van der Waals surface area contributed by atoms with Crippen LogP contribution in [0.25, 0.3) is 0 Å². The second-order valence-corrected chi connectivity index (χ2v) is 5.29. The van der Waals surface area contributed by atoms with Crippen LogP contribution in [0, 0.1) is 0 Å². The summed E-state index contributed by atoms with van der Waals surface area (Å²) in [6.45, 7) is 1.76. The molecule has 5 heteroatoms. The van der Waals surface area contributed by atoms with Gasteiger partial charge >= 0.3 is 0 Å². The Morgan fingerprint density at radius 3 is 2.43 bits per heavy atom. The summed E-state index contributed by atoms with van der Waals surface area (Å²) in [6, 6.07) is 10.3. The zero-order valence-corrected chi connectivity index (χ0v) is 13.2. The van der Waals surface area contributed by atoms with Crippen molar-refractivity contribution in [1.29, 1.82) is 0 Å². The summed E-state index contributed by atoms with van der Waals surface area (Å²) in [6.07, 6.45) is 0. The number of hydrogen-bond acceptors (Lipinski definition) is 3. The molecule has 0 radical (unpaired) electrons. The van der Waals surface area contributed by atoms with Crippen molar-refractivity contribution in [1.82, 2.24) is 0 Å². The molecule has 0 bridgehead atoms. The molecule has 0 aliphatic carbocycles. The molecule has 0 amide bonds. The van der Waals surface area contributed by atoms with Crippen LogP contribution in [0.3, 0.4) is 0 Å². The van der Waals surface area contributed by atoms with Crippen LogP contribution < -0.4 is 9.47 Å². The van der Waals surface area contributed by atoms with Crippen LogP contribution >= 0.6 is 23.2 Å². The van der Waals surface area contributed by atoms with E-state index in [1.807, 2.05) is 0 Å². The molecule has 0 fully saturated rings. The molecule has 0 saturated heterocycles. The molecule has 2 aromatic rings. The second-order valence-electron chi connectivity index (χ2n) is 4.45. The molecule has 110 valence electrons. The lowest BCUT2D eigenvalue weighted by molar-refractivity contribution is 0.101. The number of benzene rings is 2. The Labute approximate surface area is 133 Å². The molecule has 0 heterocycles. The standard InChI is InChI=1S/C16H14Cl2O3/c1-10(19)11-3-5-16(14(18)8-11)21-9-12-7-13(17)4-6-15(12)20-2/h3-8H,9H2,1-2H3.